The maximum absolute atomic E-state index is 13.4. The third kappa shape index (κ3) is 3.84. The van der Waals surface area contributed by atoms with E-state index in [9.17, 15) is 18.0 Å². The van der Waals surface area contributed by atoms with Crippen molar-refractivity contribution in [2.75, 3.05) is 0 Å². The summed E-state index contributed by atoms with van der Waals surface area (Å²) in [7, 11) is 0. The summed E-state index contributed by atoms with van der Waals surface area (Å²) in [5, 5.41) is 0.269. The Balaban J connectivity index is 1.76. The predicted molar refractivity (Wildman–Crippen MR) is 117 cm³/mol. The van der Waals surface area contributed by atoms with Crippen molar-refractivity contribution >= 4 is 10.9 Å². The van der Waals surface area contributed by atoms with Crippen molar-refractivity contribution in [2.45, 2.75) is 6.18 Å². The number of rotatable bonds is 3. The summed E-state index contributed by atoms with van der Waals surface area (Å²) in [4.78, 5) is 30.1. The number of halogens is 3. The zero-order chi connectivity index (χ0) is 23.0. The largest absolute Gasteiger partial charge is 0.433 e. The molecule has 0 aliphatic carbocycles. The SMILES string of the molecule is O=c1c2cc(-c3ccc(C(F)(F)F)nc3)nc(-c3cccnc3)c2ncn1-c1ccccc1. The lowest BCUT2D eigenvalue weighted by Crippen LogP contribution is -2.19. The lowest BCUT2D eigenvalue weighted by Gasteiger charge is -2.12. The summed E-state index contributed by atoms with van der Waals surface area (Å²) in [6, 6.07) is 16.2. The number of aromatic nitrogens is 5. The average molecular weight is 445 g/mol. The zero-order valence-electron chi connectivity index (χ0n) is 16.9. The van der Waals surface area contributed by atoms with Crippen LogP contribution in [0.15, 0.2) is 90.4 Å². The Bertz CT molecular complexity index is 1500. The average Bonchev–Trinajstić information content (AvgIpc) is 2.84. The van der Waals surface area contributed by atoms with E-state index in [2.05, 4.69) is 19.9 Å². The third-order valence-corrected chi connectivity index (χ3v) is 5.06. The molecule has 0 N–H and O–H groups in total. The van der Waals surface area contributed by atoms with Crippen molar-refractivity contribution in [3.63, 3.8) is 0 Å². The molecular formula is C24H14F3N5O. The molecule has 5 rings (SSSR count). The van der Waals surface area contributed by atoms with Crippen molar-refractivity contribution in [3.05, 3.63) is 102 Å². The molecule has 0 saturated heterocycles. The number of para-hydroxylation sites is 1. The number of fused-ring (bicyclic) bond motifs is 1. The predicted octanol–water partition coefficient (Wildman–Crippen LogP) is 4.92. The van der Waals surface area contributed by atoms with Crippen LogP contribution in [-0.4, -0.2) is 24.5 Å². The normalized spacial score (nSPS) is 11.6. The van der Waals surface area contributed by atoms with Crippen molar-refractivity contribution in [3.8, 4) is 28.2 Å². The van der Waals surface area contributed by atoms with Crippen LogP contribution in [0, 0.1) is 0 Å². The van der Waals surface area contributed by atoms with E-state index in [-0.39, 0.29) is 10.9 Å². The molecule has 0 bridgehead atoms. The smallest absolute Gasteiger partial charge is 0.268 e. The molecule has 0 radical (unpaired) electrons. The number of alkyl halides is 3. The monoisotopic (exact) mass is 445 g/mol. The maximum atomic E-state index is 13.4. The quantitative estimate of drug-likeness (QED) is 0.394. The topological polar surface area (TPSA) is 73.6 Å². The summed E-state index contributed by atoms with van der Waals surface area (Å²) in [6.45, 7) is 0. The number of nitrogens with zero attached hydrogens (tertiary/aromatic N) is 5. The van der Waals surface area contributed by atoms with Gasteiger partial charge in [-0.05, 0) is 42.5 Å². The molecule has 0 saturated carbocycles. The second-order valence-corrected chi connectivity index (χ2v) is 7.18. The maximum Gasteiger partial charge on any atom is 0.433 e. The fourth-order valence-corrected chi connectivity index (χ4v) is 3.47. The molecular weight excluding hydrogens is 431 g/mol. The Morgan fingerprint density at radius 2 is 1.67 bits per heavy atom. The molecule has 0 spiro atoms. The van der Waals surface area contributed by atoms with Gasteiger partial charge in [0.15, 0.2) is 0 Å². The Kier molecular flexibility index (Phi) is 4.93. The standard InChI is InChI=1S/C24H14F3N5O/c25-24(26,27)20-9-8-15(13-29-20)19-11-18-22(21(31-19)16-5-4-10-28-12-16)30-14-32(23(18)33)17-6-2-1-3-7-17/h1-14H. The molecule has 0 atom stereocenters. The van der Waals surface area contributed by atoms with E-state index in [1.807, 2.05) is 6.07 Å². The molecule has 0 amide bonds. The summed E-state index contributed by atoms with van der Waals surface area (Å²) < 4.78 is 40.2. The molecule has 6 nitrogen and oxygen atoms in total. The Morgan fingerprint density at radius 1 is 0.848 bits per heavy atom. The molecule has 1 aromatic carbocycles. The minimum atomic E-state index is -4.55. The van der Waals surface area contributed by atoms with E-state index < -0.39 is 11.9 Å². The summed E-state index contributed by atoms with van der Waals surface area (Å²) in [6.07, 6.45) is 1.16. The summed E-state index contributed by atoms with van der Waals surface area (Å²) in [5.41, 5.74) is 1.31. The van der Waals surface area contributed by atoms with E-state index in [4.69, 9.17) is 0 Å². The van der Waals surface area contributed by atoms with Crippen molar-refractivity contribution < 1.29 is 13.2 Å². The molecule has 5 aromatic rings. The molecule has 33 heavy (non-hydrogen) atoms. The minimum absolute atomic E-state index is 0.269. The molecule has 0 aliphatic rings. The highest BCUT2D eigenvalue weighted by atomic mass is 19.4. The third-order valence-electron chi connectivity index (χ3n) is 5.06. The van der Waals surface area contributed by atoms with Crippen molar-refractivity contribution in [2.24, 2.45) is 0 Å². The van der Waals surface area contributed by atoms with Crippen LogP contribution >= 0.6 is 0 Å². The molecule has 0 fully saturated rings. The molecule has 4 aromatic heterocycles. The van der Waals surface area contributed by atoms with Gasteiger partial charge in [0.05, 0.1) is 22.5 Å². The van der Waals surface area contributed by atoms with Gasteiger partial charge in [0.1, 0.15) is 17.5 Å². The van der Waals surface area contributed by atoms with Gasteiger partial charge in [-0.15, -0.1) is 0 Å². The Morgan fingerprint density at radius 3 is 2.33 bits per heavy atom. The second kappa shape index (κ2) is 7.94. The van der Waals surface area contributed by atoms with Gasteiger partial charge in [0.25, 0.3) is 5.56 Å². The highest BCUT2D eigenvalue weighted by molar-refractivity contribution is 5.93. The van der Waals surface area contributed by atoms with E-state index in [1.165, 1.54) is 23.0 Å². The van der Waals surface area contributed by atoms with E-state index in [0.717, 1.165) is 12.3 Å². The number of benzene rings is 1. The first kappa shape index (κ1) is 20.5. The Hall–Kier alpha value is -4.40. The molecule has 0 aliphatic heterocycles. The summed E-state index contributed by atoms with van der Waals surface area (Å²) >= 11 is 0. The van der Waals surface area contributed by atoms with Gasteiger partial charge >= 0.3 is 6.18 Å². The minimum Gasteiger partial charge on any atom is -0.268 e. The lowest BCUT2D eigenvalue weighted by molar-refractivity contribution is -0.141. The first-order chi connectivity index (χ1) is 15.9. The van der Waals surface area contributed by atoms with Crippen LogP contribution in [0.4, 0.5) is 13.2 Å². The molecule has 0 unspecified atom stereocenters. The van der Waals surface area contributed by atoms with Gasteiger partial charge in [-0.25, -0.2) is 9.97 Å². The summed E-state index contributed by atoms with van der Waals surface area (Å²) in [5.74, 6) is 0. The van der Waals surface area contributed by atoms with Gasteiger partial charge in [0, 0.05) is 29.7 Å². The van der Waals surface area contributed by atoms with Gasteiger partial charge in [0.2, 0.25) is 0 Å². The Labute approximate surface area is 185 Å². The second-order valence-electron chi connectivity index (χ2n) is 7.18. The highest BCUT2D eigenvalue weighted by Gasteiger charge is 2.32. The molecule has 162 valence electrons. The van der Waals surface area contributed by atoms with Gasteiger partial charge in [-0.2, -0.15) is 13.2 Å². The number of pyridine rings is 3. The number of hydrogen-bond acceptors (Lipinski definition) is 5. The van der Waals surface area contributed by atoms with Crippen LogP contribution in [0.1, 0.15) is 5.69 Å². The van der Waals surface area contributed by atoms with Gasteiger partial charge in [-0.1, -0.05) is 18.2 Å². The van der Waals surface area contributed by atoms with Crippen LogP contribution in [0.25, 0.3) is 39.1 Å². The van der Waals surface area contributed by atoms with Crippen molar-refractivity contribution in [1.82, 2.24) is 24.5 Å². The number of hydrogen-bond donors (Lipinski definition) is 0. The van der Waals surface area contributed by atoms with Crippen molar-refractivity contribution in [1.29, 1.82) is 0 Å². The van der Waals surface area contributed by atoms with Crippen LogP contribution in [0.5, 0.6) is 0 Å². The molecule has 9 heteroatoms. The van der Waals surface area contributed by atoms with E-state index >= 15 is 0 Å². The lowest BCUT2D eigenvalue weighted by atomic mass is 10.1. The van der Waals surface area contributed by atoms with E-state index in [1.54, 1.807) is 48.8 Å². The molecule has 4 heterocycles. The van der Waals surface area contributed by atoms with Crippen LogP contribution < -0.4 is 5.56 Å². The zero-order valence-corrected chi connectivity index (χ0v) is 16.9. The fraction of sp³-hybridized carbons (Fsp3) is 0.0417. The van der Waals surface area contributed by atoms with Gasteiger partial charge in [-0.3, -0.25) is 19.3 Å². The highest BCUT2D eigenvalue weighted by Crippen LogP contribution is 2.31. The first-order valence-corrected chi connectivity index (χ1v) is 9.84. The van der Waals surface area contributed by atoms with Crippen LogP contribution in [0.2, 0.25) is 0 Å². The van der Waals surface area contributed by atoms with Gasteiger partial charge < -0.3 is 0 Å². The first-order valence-electron chi connectivity index (χ1n) is 9.84. The van der Waals surface area contributed by atoms with Crippen LogP contribution in [-0.2, 0) is 6.18 Å². The fourth-order valence-electron chi connectivity index (χ4n) is 3.47. The van der Waals surface area contributed by atoms with E-state index in [0.29, 0.717) is 33.7 Å². The van der Waals surface area contributed by atoms with Crippen LogP contribution in [0.3, 0.4) is 0 Å².